The summed E-state index contributed by atoms with van der Waals surface area (Å²) in [5.41, 5.74) is 1.51. The number of fused-ring (bicyclic) bond motifs is 1. The van der Waals surface area contributed by atoms with Crippen LogP contribution < -0.4 is 5.32 Å². The largest absolute Gasteiger partial charge is 0.490 e. The van der Waals surface area contributed by atoms with Crippen molar-refractivity contribution < 1.29 is 27.9 Å². The molecule has 0 atom stereocenters. The van der Waals surface area contributed by atoms with Crippen LogP contribution in [0.15, 0.2) is 48.0 Å². The maximum atomic E-state index is 12.0. The molecule has 0 saturated heterocycles. The molecule has 0 radical (unpaired) electrons. The van der Waals surface area contributed by atoms with Gasteiger partial charge in [-0.05, 0) is 35.7 Å². The molecular weight excluding hydrogens is 395 g/mol. The number of thiophene rings is 1. The Bertz CT molecular complexity index is 987. The van der Waals surface area contributed by atoms with E-state index < -0.39 is 12.1 Å². The van der Waals surface area contributed by atoms with Crippen LogP contribution in [-0.4, -0.2) is 47.1 Å². The Balaban J connectivity index is 0.000000345. The minimum Gasteiger partial charge on any atom is -0.475 e. The first-order valence-corrected chi connectivity index (χ1v) is 8.68. The van der Waals surface area contributed by atoms with Gasteiger partial charge in [-0.3, -0.25) is 4.79 Å². The first-order chi connectivity index (χ1) is 13.1. The standard InChI is InChI=1S/C16H15N3OS.C2HF3O2/c1-19(2)16(20)11-4-3-5-12(10-11)18-15-13-7-9-21-14(13)6-8-17-15;3-2(4,5)1(6)7/h3-10H,1-2H3,(H,17,18);(H,6,7). The van der Waals surface area contributed by atoms with Gasteiger partial charge in [-0.1, -0.05) is 6.07 Å². The van der Waals surface area contributed by atoms with Gasteiger partial charge in [0, 0.05) is 41.6 Å². The lowest BCUT2D eigenvalue weighted by atomic mass is 10.2. The molecule has 10 heteroatoms. The maximum absolute atomic E-state index is 12.0. The molecule has 2 aromatic heterocycles. The zero-order valence-electron chi connectivity index (χ0n) is 14.8. The molecule has 0 aliphatic heterocycles. The first-order valence-electron chi connectivity index (χ1n) is 7.80. The van der Waals surface area contributed by atoms with Gasteiger partial charge in [0.05, 0.1) is 0 Å². The zero-order valence-corrected chi connectivity index (χ0v) is 15.6. The molecule has 3 aromatic rings. The van der Waals surface area contributed by atoms with E-state index in [-0.39, 0.29) is 5.91 Å². The summed E-state index contributed by atoms with van der Waals surface area (Å²) in [6.45, 7) is 0. The molecule has 0 aliphatic rings. The van der Waals surface area contributed by atoms with Crippen molar-refractivity contribution in [2.45, 2.75) is 6.18 Å². The number of pyridine rings is 1. The number of amides is 1. The Hall–Kier alpha value is -3.14. The van der Waals surface area contributed by atoms with Crippen LogP contribution in [0.2, 0.25) is 0 Å². The van der Waals surface area contributed by atoms with Gasteiger partial charge in [-0.25, -0.2) is 9.78 Å². The van der Waals surface area contributed by atoms with Gasteiger partial charge in [0.15, 0.2) is 0 Å². The predicted molar refractivity (Wildman–Crippen MR) is 101 cm³/mol. The Labute approximate surface area is 162 Å². The van der Waals surface area contributed by atoms with Crippen molar-refractivity contribution in [2.75, 3.05) is 19.4 Å². The number of carbonyl (C=O) groups is 2. The number of alkyl halides is 3. The summed E-state index contributed by atoms with van der Waals surface area (Å²) in [5, 5.41) is 13.6. The van der Waals surface area contributed by atoms with E-state index in [0.717, 1.165) is 16.9 Å². The summed E-state index contributed by atoms with van der Waals surface area (Å²) in [7, 11) is 3.49. The van der Waals surface area contributed by atoms with E-state index in [9.17, 15) is 18.0 Å². The number of carboxylic acid groups (broad SMARTS) is 1. The highest BCUT2D eigenvalue weighted by Crippen LogP contribution is 2.28. The fraction of sp³-hybridized carbons (Fsp3) is 0.167. The normalized spacial score (nSPS) is 10.8. The molecule has 148 valence electrons. The van der Waals surface area contributed by atoms with Crippen LogP contribution >= 0.6 is 11.3 Å². The predicted octanol–water partition coefficient (Wildman–Crippen LogP) is 4.38. The number of halogens is 3. The molecule has 0 aliphatic carbocycles. The number of hydrogen-bond donors (Lipinski definition) is 2. The van der Waals surface area contributed by atoms with E-state index in [1.54, 1.807) is 36.5 Å². The van der Waals surface area contributed by atoms with E-state index in [4.69, 9.17) is 9.90 Å². The van der Waals surface area contributed by atoms with Crippen molar-refractivity contribution in [3.8, 4) is 0 Å². The molecule has 1 aromatic carbocycles. The average molecular weight is 411 g/mol. The number of nitrogens with one attached hydrogen (secondary N) is 1. The van der Waals surface area contributed by atoms with Gasteiger partial charge in [-0.2, -0.15) is 13.2 Å². The van der Waals surface area contributed by atoms with Gasteiger partial charge in [0.2, 0.25) is 0 Å². The number of aromatic nitrogens is 1. The third-order valence-electron chi connectivity index (χ3n) is 3.40. The highest BCUT2D eigenvalue weighted by atomic mass is 32.1. The van der Waals surface area contributed by atoms with E-state index in [1.807, 2.05) is 41.8 Å². The monoisotopic (exact) mass is 411 g/mol. The second-order valence-electron chi connectivity index (χ2n) is 5.70. The molecule has 6 nitrogen and oxygen atoms in total. The minimum atomic E-state index is -5.08. The summed E-state index contributed by atoms with van der Waals surface area (Å²) < 4.78 is 32.9. The third-order valence-corrected chi connectivity index (χ3v) is 4.28. The quantitative estimate of drug-likeness (QED) is 0.669. The number of carbonyl (C=O) groups excluding carboxylic acids is 1. The van der Waals surface area contributed by atoms with Crippen LogP contribution in [0.4, 0.5) is 24.7 Å². The first kappa shape index (κ1) is 21.2. The molecule has 2 heterocycles. The number of nitrogens with zero attached hydrogens (tertiary/aromatic N) is 2. The van der Waals surface area contributed by atoms with Gasteiger partial charge in [0.25, 0.3) is 5.91 Å². The number of aliphatic carboxylic acids is 1. The fourth-order valence-electron chi connectivity index (χ4n) is 2.12. The van der Waals surface area contributed by atoms with E-state index >= 15 is 0 Å². The molecular formula is C18H16F3N3O3S. The highest BCUT2D eigenvalue weighted by Gasteiger charge is 2.38. The Morgan fingerprint density at radius 2 is 1.86 bits per heavy atom. The molecule has 0 unspecified atom stereocenters. The Morgan fingerprint density at radius 1 is 1.18 bits per heavy atom. The lowest BCUT2D eigenvalue weighted by Gasteiger charge is -2.12. The molecule has 0 spiro atoms. The SMILES string of the molecule is CN(C)C(=O)c1cccc(Nc2nccc3sccc23)c1.O=C(O)C(F)(F)F. The fourth-order valence-corrected chi connectivity index (χ4v) is 2.90. The second-order valence-corrected chi connectivity index (χ2v) is 6.65. The van der Waals surface area contributed by atoms with Crippen LogP contribution in [0.3, 0.4) is 0 Å². The lowest BCUT2D eigenvalue weighted by molar-refractivity contribution is -0.192. The third kappa shape index (κ3) is 5.43. The van der Waals surface area contributed by atoms with E-state index in [0.29, 0.717) is 5.56 Å². The Morgan fingerprint density at radius 3 is 2.46 bits per heavy atom. The van der Waals surface area contributed by atoms with Crippen LogP contribution in [0.1, 0.15) is 10.4 Å². The summed E-state index contributed by atoms with van der Waals surface area (Å²) in [4.78, 5) is 26.9. The molecule has 0 fully saturated rings. The van der Waals surface area contributed by atoms with E-state index in [2.05, 4.69) is 10.3 Å². The second kappa shape index (κ2) is 8.70. The highest BCUT2D eigenvalue weighted by molar-refractivity contribution is 7.17. The smallest absolute Gasteiger partial charge is 0.475 e. The van der Waals surface area contributed by atoms with Crippen molar-refractivity contribution in [1.29, 1.82) is 0 Å². The molecule has 3 rings (SSSR count). The van der Waals surface area contributed by atoms with Crippen LogP contribution in [0.25, 0.3) is 10.1 Å². The summed E-state index contributed by atoms with van der Waals surface area (Å²) in [6.07, 6.45) is -3.30. The molecule has 28 heavy (non-hydrogen) atoms. The molecule has 2 N–H and O–H groups in total. The van der Waals surface area contributed by atoms with Crippen molar-refractivity contribution in [3.63, 3.8) is 0 Å². The van der Waals surface area contributed by atoms with Crippen molar-refractivity contribution in [3.05, 3.63) is 53.5 Å². The molecule has 0 bridgehead atoms. The maximum Gasteiger partial charge on any atom is 0.490 e. The average Bonchev–Trinajstić information content (AvgIpc) is 3.11. The van der Waals surface area contributed by atoms with Crippen LogP contribution in [-0.2, 0) is 4.79 Å². The number of rotatable bonds is 3. The van der Waals surface area contributed by atoms with Gasteiger partial charge in [0.1, 0.15) is 5.82 Å². The van der Waals surface area contributed by atoms with Crippen LogP contribution in [0.5, 0.6) is 0 Å². The topological polar surface area (TPSA) is 82.5 Å². The van der Waals surface area contributed by atoms with Gasteiger partial charge < -0.3 is 15.3 Å². The summed E-state index contributed by atoms with van der Waals surface area (Å²) >= 11 is 1.68. The molecule has 0 saturated carbocycles. The number of anilines is 2. The van der Waals surface area contributed by atoms with Crippen molar-refractivity contribution in [1.82, 2.24) is 9.88 Å². The number of benzene rings is 1. The summed E-state index contributed by atoms with van der Waals surface area (Å²) in [5.74, 6) is -1.96. The molecule has 1 amide bonds. The van der Waals surface area contributed by atoms with Crippen LogP contribution in [0, 0.1) is 0 Å². The van der Waals surface area contributed by atoms with Crippen molar-refractivity contribution in [2.24, 2.45) is 0 Å². The minimum absolute atomic E-state index is 0.0136. The zero-order chi connectivity index (χ0) is 20.9. The Kier molecular flexibility index (Phi) is 6.57. The summed E-state index contributed by atoms with van der Waals surface area (Å²) in [6, 6.07) is 11.5. The van der Waals surface area contributed by atoms with Gasteiger partial charge >= 0.3 is 12.1 Å². The van der Waals surface area contributed by atoms with Crippen molar-refractivity contribution >= 4 is 44.8 Å². The lowest BCUT2D eigenvalue weighted by Crippen LogP contribution is -2.21. The van der Waals surface area contributed by atoms with Gasteiger partial charge in [-0.15, -0.1) is 11.3 Å². The van der Waals surface area contributed by atoms with E-state index in [1.165, 1.54) is 4.70 Å². The number of carboxylic acids is 1. The number of hydrogen-bond acceptors (Lipinski definition) is 5.